The Morgan fingerprint density at radius 3 is 2.33 bits per heavy atom. The van der Waals surface area contributed by atoms with Crippen molar-refractivity contribution in [3.8, 4) is 0 Å². The molecule has 3 aliphatic heterocycles. The van der Waals surface area contributed by atoms with Crippen molar-refractivity contribution in [1.29, 1.82) is 0 Å². The largest absolute Gasteiger partial charge is 0.343 e. The maximum atomic E-state index is 14.0. The number of carbonyl (C=O) groups excluding carboxylic acids is 1. The molecule has 1 amide bonds. The number of nitrogens with one attached hydrogen (secondary N) is 2. The first kappa shape index (κ1) is 27.6. The van der Waals surface area contributed by atoms with Gasteiger partial charge < -0.3 is 10.2 Å². The lowest BCUT2D eigenvalue weighted by Gasteiger charge is -2.34. The zero-order valence-electron chi connectivity index (χ0n) is 23.8. The van der Waals surface area contributed by atoms with Gasteiger partial charge in [0, 0.05) is 37.5 Å². The summed E-state index contributed by atoms with van der Waals surface area (Å²) >= 11 is 0. The highest BCUT2D eigenvalue weighted by molar-refractivity contribution is 6.01. The third-order valence-electron chi connectivity index (χ3n) is 8.74. The number of hydrogen-bond donors (Lipinski definition) is 2. The molecule has 218 valence electrons. The van der Waals surface area contributed by atoms with Crippen molar-refractivity contribution < 1.29 is 9.72 Å². The minimum absolute atomic E-state index is 0.0734. The van der Waals surface area contributed by atoms with Crippen LogP contribution < -0.4 is 16.6 Å². The van der Waals surface area contributed by atoms with Crippen molar-refractivity contribution in [2.45, 2.75) is 45.7 Å². The SMILES string of the molecule is CCn1c2c(c(=O)[nH]c1=O)[C@H](c1ccc(C)cc1)C1=C(CN(CC3CCN(Cc4ccc([N+](=O)[O-])cc4)CC3)C1=O)N2. The molecule has 3 aliphatic rings. The maximum absolute atomic E-state index is 14.0. The molecule has 1 aromatic heterocycles. The Kier molecular flexibility index (Phi) is 7.28. The number of aryl methyl sites for hydroxylation is 1. The zero-order chi connectivity index (χ0) is 29.5. The van der Waals surface area contributed by atoms with E-state index in [1.165, 1.54) is 4.57 Å². The summed E-state index contributed by atoms with van der Waals surface area (Å²) in [6.07, 6.45) is 1.87. The molecule has 2 aromatic carbocycles. The summed E-state index contributed by atoms with van der Waals surface area (Å²) < 4.78 is 1.52. The second-order valence-corrected chi connectivity index (χ2v) is 11.5. The predicted molar refractivity (Wildman–Crippen MR) is 158 cm³/mol. The number of H-pyrrole nitrogens is 1. The van der Waals surface area contributed by atoms with Crippen molar-refractivity contribution in [1.82, 2.24) is 19.4 Å². The average molecular weight is 571 g/mol. The number of anilines is 1. The summed E-state index contributed by atoms with van der Waals surface area (Å²) in [5.41, 5.74) is 3.83. The number of non-ortho nitro benzene ring substituents is 1. The maximum Gasteiger partial charge on any atom is 0.329 e. The molecule has 11 nitrogen and oxygen atoms in total. The molecule has 3 aromatic rings. The Hall–Kier alpha value is -4.51. The molecule has 6 rings (SSSR count). The molecule has 2 N–H and O–H groups in total. The van der Waals surface area contributed by atoms with Gasteiger partial charge in [0.05, 0.1) is 28.5 Å². The van der Waals surface area contributed by atoms with Crippen molar-refractivity contribution in [3.05, 3.63) is 113 Å². The molecule has 1 saturated heterocycles. The van der Waals surface area contributed by atoms with E-state index in [4.69, 9.17) is 0 Å². The van der Waals surface area contributed by atoms with E-state index in [1.54, 1.807) is 12.1 Å². The summed E-state index contributed by atoms with van der Waals surface area (Å²) in [6.45, 7) is 7.74. The zero-order valence-corrected chi connectivity index (χ0v) is 23.8. The third kappa shape index (κ3) is 5.04. The van der Waals surface area contributed by atoms with Crippen LogP contribution in [0.25, 0.3) is 0 Å². The van der Waals surface area contributed by atoms with Gasteiger partial charge in [-0.2, -0.15) is 0 Å². The van der Waals surface area contributed by atoms with E-state index in [1.807, 2.05) is 55.1 Å². The lowest BCUT2D eigenvalue weighted by molar-refractivity contribution is -0.384. The van der Waals surface area contributed by atoms with Gasteiger partial charge in [0.15, 0.2) is 0 Å². The number of carbonyl (C=O) groups is 1. The monoisotopic (exact) mass is 570 g/mol. The molecule has 11 heteroatoms. The number of rotatable bonds is 7. The van der Waals surface area contributed by atoms with E-state index < -0.39 is 17.2 Å². The van der Waals surface area contributed by atoms with Gasteiger partial charge in [-0.05, 0) is 56.8 Å². The van der Waals surface area contributed by atoms with Gasteiger partial charge in [-0.1, -0.05) is 42.0 Å². The summed E-state index contributed by atoms with van der Waals surface area (Å²) in [4.78, 5) is 57.1. The van der Waals surface area contributed by atoms with E-state index in [-0.39, 0.29) is 16.5 Å². The molecule has 0 aliphatic carbocycles. The van der Waals surface area contributed by atoms with Crippen LogP contribution in [0.1, 0.15) is 47.9 Å². The van der Waals surface area contributed by atoms with E-state index >= 15 is 0 Å². The lowest BCUT2D eigenvalue weighted by atomic mass is 9.82. The molecule has 4 heterocycles. The third-order valence-corrected chi connectivity index (χ3v) is 8.74. The van der Waals surface area contributed by atoms with Crippen molar-refractivity contribution in [3.63, 3.8) is 0 Å². The van der Waals surface area contributed by atoms with Gasteiger partial charge in [0.2, 0.25) is 0 Å². The van der Waals surface area contributed by atoms with Crippen LogP contribution in [0.5, 0.6) is 0 Å². The van der Waals surface area contributed by atoms with Crippen molar-refractivity contribution in [2.75, 3.05) is 31.5 Å². The number of nitro benzene ring substituents is 1. The number of aromatic nitrogens is 2. The van der Waals surface area contributed by atoms with Crippen molar-refractivity contribution >= 4 is 17.4 Å². The number of benzene rings is 2. The van der Waals surface area contributed by atoms with Gasteiger partial charge in [-0.25, -0.2) is 4.79 Å². The van der Waals surface area contributed by atoms with E-state index in [0.717, 1.165) is 54.9 Å². The molecule has 0 radical (unpaired) electrons. The van der Waals surface area contributed by atoms with Crippen LogP contribution in [-0.4, -0.2) is 56.4 Å². The van der Waals surface area contributed by atoms with Gasteiger partial charge in [-0.15, -0.1) is 0 Å². The van der Waals surface area contributed by atoms with Crippen LogP contribution in [0.3, 0.4) is 0 Å². The predicted octanol–water partition coefficient (Wildman–Crippen LogP) is 3.34. The Labute approximate surface area is 242 Å². The van der Waals surface area contributed by atoms with Crippen molar-refractivity contribution in [2.24, 2.45) is 5.92 Å². The van der Waals surface area contributed by atoms with Crippen LogP contribution in [-0.2, 0) is 17.9 Å². The highest BCUT2D eigenvalue weighted by Gasteiger charge is 2.43. The number of piperidine rings is 1. The van der Waals surface area contributed by atoms with E-state index in [9.17, 15) is 24.5 Å². The first-order valence-corrected chi connectivity index (χ1v) is 14.4. The van der Waals surface area contributed by atoms with Gasteiger partial charge in [-0.3, -0.25) is 34.2 Å². The quantitative estimate of drug-likeness (QED) is 0.329. The first-order chi connectivity index (χ1) is 20.2. The molecule has 1 fully saturated rings. The summed E-state index contributed by atoms with van der Waals surface area (Å²) in [5.74, 6) is 0.154. The van der Waals surface area contributed by atoms with E-state index in [0.29, 0.717) is 42.5 Å². The van der Waals surface area contributed by atoms with Gasteiger partial charge >= 0.3 is 5.69 Å². The molecular formula is C31H34N6O5. The number of nitrogens with zero attached hydrogens (tertiary/aromatic N) is 4. The standard InChI is InChI=1S/C31H34N6O5/c1-3-36-28-27(29(38)33-31(36)40)25(22-8-4-19(2)5-9-22)26-24(32-28)18-35(30(26)39)17-21-12-14-34(15-13-21)16-20-6-10-23(11-7-20)37(41)42/h4-11,21,25,32H,3,12-18H2,1-2H3,(H,33,38,40)/t25-/m1/s1. The lowest BCUT2D eigenvalue weighted by Crippen LogP contribution is -2.40. The molecule has 42 heavy (non-hydrogen) atoms. The fourth-order valence-electron chi connectivity index (χ4n) is 6.49. The first-order valence-electron chi connectivity index (χ1n) is 14.4. The number of aromatic amines is 1. The normalized spacial score (nSPS) is 19.0. The topological polar surface area (TPSA) is 134 Å². The Morgan fingerprint density at radius 1 is 1.00 bits per heavy atom. The van der Waals surface area contributed by atoms with Crippen LogP contribution in [0.2, 0.25) is 0 Å². The fourth-order valence-corrected chi connectivity index (χ4v) is 6.49. The molecule has 0 bridgehead atoms. The fraction of sp³-hybridized carbons (Fsp3) is 0.387. The van der Waals surface area contributed by atoms with Gasteiger partial charge in [0.1, 0.15) is 5.82 Å². The summed E-state index contributed by atoms with van der Waals surface area (Å²) in [6, 6.07) is 14.6. The number of likely N-dealkylation sites (tertiary alicyclic amines) is 1. The second kappa shape index (κ2) is 11.1. The second-order valence-electron chi connectivity index (χ2n) is 11.5. The van der Waals surface area contributed by atoms with Crippen LogP contribution >= 0.6 is 0 Å². The molecule has 0 saturated carbocycles. The van der Waals surface area contributed by atoms with Crippen LogP contribution in [0.15, 0.2) is 69.4 Å². The minimum Gasteiger partial charge on any atom is -0.343 e. The highest BCUT2D eigenvalue weighted by Crippen LogP contribution is 2.43. The Morgan fingerprint density at radius 2 is 1.69 bits per heavy atom. The molecule has 1 atom stereocenters. The van der Waals surface area contributed by atoms with E-state index in [2.05, 4.69) is 15.2 Å². The summed E-state index contributed by atoms with van der Waals surface area (Å²) in [7, 11) is 0. The number of nitro groups is 1. The Balaban J connectivity index is 1.19. The Bertz CT molecular complexity index is 1680. The van der Waals surface area contributed by atoms with Crippen LogP contribution in [0.4, 0.5) is 11.5 Å². The highest BCUT2D eigenvalue weighted by atomic mass is 16.6. The van der Waals surface area contributed by atoms with Gasteiger partial charge in [0.25, 0.3) is 17.2 Å². The minimum atomic E-state index is -0.569. The molecular weight excluding hydrogens is 536 g/mol. The smallest absolute Gasteiger partial charge is 0.329 e. The number of fused-ring (bicyclic) bond motifs is 1. The molecule has 0 spiro atoms. The molecule has 0 unspecified atom stereocenters. The number of amides is 1. The van der Waals surface area contributed by atoms with Crippen LogP contribution in [0, 0.1) is 23.0 Å². The average Bonchev–Trinajstić information content (AvgIpc) is 3.28. The summed E-state index contributed by atoms with van der Waals surface area (Å²) in [5, 5.41) is 14.3. The number of hydrogen-bond acceptors (Lipinski definition) is 7.